The third-order valence-electron chi connectivity index (χ3n) is 4.07. The lowest BCUT2D eigenvalue weighted by Crippen LogP contribution is -3.00. The summed E-state index contributed by atoms with van der Waals surface area (Å²) in [7, 11) is 0. The summed E-state index contributed by atoms with van der Waals surface area (Å²) in [4.78, 5) is 1.98. The highest BCUT2D eigenvalue weighted by Gasteiger charge is 2.05. The second-order valence-electron chi connectivity index (χ2n) is 5.92. The van der Waals surface area contributed by atoms with Crippen LogP contribution in [0.15, 0.2) is 82.6 Å². The van der Waals surface area contributed by atoms with Crippen LogP contribution < -0.4 is 18.1 Å². The molecule has 0 unspecified atom stereocenters. The van der Waals surface area contributed by atoms with Crippen molar-refractivity contribution in [1.82, 2.24) is 0 Å². The molecular formula is C22H20Cl3NS2. The normalized spacial score (nSPS) is 10.3. The van der Waals surface area contributed by atoms with Crippen molar-refractivity contribution in [2.75, 3.05) is 12.3 Å². The Morgan fingerprint density at radius 1 is 0.750 bits per heavy atom. The van der Waals surface area contributed by atoms with Gasteiger partial charge in [-0.05, 0) is 22.9 Å². The number of thioether (sulfide) groups is 1. The predicted octanol–water partition coefficient (Wildman–Crippen LogP) is 3.61. The number of benzene rings is 4. The first-order valence-electron chi connectivity index (χ1n) is 8.57. The number of hydrogen-bond acceptors (Lipinski definition) is 2. The predicted molar refractivity (Wildman–Crippen MR) is 124 cm³/mol. The molecule has 0 aromatic heterocycles. The summed E-state index contributed by atoms with van der Waals surface area (Å²) < 4.78 is 0. The molecule has 0 aliphatic carbocycles. The summed E-state index contributed by atoms with van der Waals surface area (Å²) in [5.74, 6) is 1.01. The Morgan fingerprint density at radius 2 is 1.29 bits per heavy atom. The van der Waals surface area contributed by atoms with Gasteiger partial charge in [-0.15, -0.1) is 24.4 Å². The Kier molecular flexibility index (Phi) is 9.29. The molecule has 0 heterocycles. The van der Waals surface area contributed by atoms with Crippen molar-refractivity contribution in [3.63, 3.8) is 0 Å². The van der Waals surface area contributed by atoms with E-state index in [2.05, 4.69) is 42.6 Å². The second-order valence-corrected chi connectivity index (χ2v) is 8.30. The average molecular weight is 469 g/mol. The molecule has 6 heteroatoms. The van der Waals surface area contributed by atoms with E-state index < -0.39 is 0 Å². The van der Waals surface area contributed by atoms with Crippen LogP contribution >= 0.6 is 47.6 Å². The zero-order chi connectivity index (χ0) is 19.2. The molecule has 0 saturated heterocycles. The highest BCUT2D eigenvalue weighted by Crippen LogP contribution is 2.33. The van der Waals surface area contributed by atoms with Crippen LogP contribution in [0.4, 0.5) is 0 Å². The molecule has 0 atom stereocenters. The number of rotatable bonds is 3. The van der Waals surface area contributed by atoms with Gasteiger partial charge in [0, 0.05) is 26.3 Å². The maximum atomic E-state index is 6.34. The molecule has 0 bridgehead atoms. The smallest absolute Gasteiger partial charge is 0.0835 e. The van der Waals surface area contributed by atoms with Crippen molar-refractivity contribution in [1.29, 1.82) is 0 Å². The number of quaternary nitrogens is 1. The van der Waals surface area contributed by atoms with Crippen molar-refractivity contribution in [3.05, 3.63) is 82.8 Å². The summed E-state index contributed by atoms with van der Waals surface area (Å²) in [6.07, 6.45) is 0. The van der Waals surface area contributed by atoms with Gasteiger partial charge < -0.3 is 18.1 Å². The van der Waals surface area contributed by atoms with Crippen molar-refractivity contribution in [2.45, 2.75) is 9.79 Å². The van der Waals surface area contributed by atoms with E-state index in [0.29, 0.717) is 0 Å². The van der Waals surface area contributed by atoms with Crippen LogP contribution in [-0.2, 0) is 0 Å². The highest BCUT2D eigenvalue weighted by molar-refractivity contribution is 7.99. The van der Waals surface area contributed by atoms with Gasteiger partial charge in [0.05, 0.1) is 16.6 Å². The van der Waals surface area contributed by atoms with Gasteiger partial charge >= 0.3 is 0 Å². The summed E-state index contributed by atoms with van der Waals surface area (Å²) in [5, 5.41) is 6.14. The minimum Gasteiger partial charge on any atom is -1.00 e. The Hall–Kier alpha value is -1.07. The van der Waals surface area contributed by atoms with Gasteiger partial charge in [-0.2, -0.15) is 0 Å². The largest absolute Gasteiger partial charge is 1.00 e. The highest BCUT2D eigenvalue weighted by atomic mass is 35.5. The van der Waals surface area contributed by atoms with Crippen LogP contribution in [0.3, 0.4) is 0 Å². The van der Waals surface area contributed by atoms with Crippen LogP contribution in [0.5, 0.6) is 0 Å². The van der Waals surface area contributed by atoms with Gasteiger partial charge in [0.2, 0.25) is 0 Å². The van der Waals surface area contributed by atoms with Gasteiger partial charge in [-0.1, -0.05) is 83.9 Å². The van der Waals surface area contributed by atoms with Gasteiger partial charge in [-0.25, -0.2) is 0 Å². The minimum absolute atomic E-state index is 0. The van der Waals surface area contributed by atoms with Crippen molar-refractivity contribution in [3.8, 4) is 0 Å². The number of halogens is 3. The van der Waals surface area contributed by atoms with E-state index in [0.717, 1.165) is 48.3 Å². The molecule has 4 aromatic carbocycles. The molecule has 28 heavy (non-hydrogen) atoms. The van der Waals surface area contributed by atoms with Crippen molar-refractivity contribution in [2.24, 2.45) is 0 Å². The lowest BCUT2D eigenvalue weighted by atomic mass is 10.1. The summed E-state index contributed by atoms with van der Waals surface area (Å²) >= 11 is 18.4. The van der Waals surface area contributed by atoms with E-state index in [4.69, 9.17) is 23.2 Å². The van der Waals surface area contributed by atoms with Crippen LogP contribution in [0.2, 0.25) is 10.0 Å². The molecule has 0 fully saturated rings. The van der Waals surface area contributed by atoms with Crippen molar-refractivity contribution < 1.29 is 18.1 Å². The SMILES string of the molecule is Sc1ccc2ccccc2c1Cl.[Cl-].[NH3+]CCSc1ccc2ccccc2c1Cl. The number of fused-ring (bicyclic) bond motifs is 2. The fraction of sp³-hybridized carbons (Fsp3) is 0.0909. The van der Waals surface area contributed by atoms with Crippen LogP contribution in [-0.4, -0.2) is 12.3 Å². The maximum absolute atomic E-state index is 6.34. The first-order chi connectivity index (χ1) is 13.1. The lowest BCUT2D eigenvalue weighted by molar-refractivity contribution is -0.360. The fourth-order valence-electron chi connectivity index (χ4n) is 2.73. The molecule has 4 aromatic rings. The topological polar surface area (TPSA) is 27.6 Å². The van der Waals surface area contributed by atoms with Crippen LogP contribution in [0, 0.1) is 0 Å². The first kappa shape index (κ1) is 23.2. The molecule has 0 spiro atoms. The first-order valence-corrected chi connectivity index (χ1v) is 10.8. The molecule has 0 saturated carbocycles. The quantitative estimate of drug-likeness (QED) is 0.349. The van der Waals surface area contributed by atoms with Crippen LogP contribution in [0.1, 0.15) is 0 Å². The zero-order valence-corrected chi connectivity index (χ0v) is 19.0. The molecule has 1 nitrogen and oxygen atoms in total. The van der Waals surface area contributed by atoms with Crippen LogP contribution in [0.25, 0.3) is 21.5 Å². The molecule has 146 valence electrons. The second kappa shape index (κ2) is 11.2. The molecule has 0 aliphatic heterocycles. The third kappa shape index (κ3) is 5.50. The Morgan fingerprint density at radius 3 is 1.89 bits per heavy atom. The zero-order valence-electron chi connectivity index (χ0n) is 15.0. The average Bonchev–Trinajstić information content (AvgIpc) is 2.71. The van der Waals surface area contributed by atoms with E-state index in [-0.39, 0.29) is 12.4 Å². The molecule has 0 amide bonds. The number of thiol groups is 1. The summed E-state index contributed by atoms with van der Waals surface area (Å²) in [6, 6.07) is 24.3. The standard InChI is InChI=1S/C12H12ClNS.C10H7ClS.ClH/c13-12-10-4-2-1-3-9(10)5-6-11(12)15-8-7-14;11-10-8-4-2-1-3-7(8)5-6-9(10)12;/h1-6H,7-8,14H2;1-6,12H;1H. The van der Waals surface area contributed by atoms with E-state index in [1.807, 2.05) is 48.5 Å². The van der Waals surface area contributed by atoms with E-state index in [9.17, 15) is 0 Å². The molecular weight excluding hydrogens is 449 g/mol. The van der Waals surface area contributed by atoms with Crippen molar-refractivity contribution >= 4 is 69.1 Å². The Labute approximate surface area is 191 Å². The summed E-state index contributed by atoms with van der Waals surface area (Å²) in [6.45, 7) is 0.924. The minimum atomic E-state index is 0. The van der Waals surface area contributed by atoms with Gasteiger partial charge in [0.15, 0.2) is 0 Å². The van der Waals surface area contributed by atoms with Gasteiger partial charge in [0.1, 0.15) is 0 Å². The van der Waals surface area contributed by atoms with E-state index in [1.165, 1.54) is 5.39 Å². The lowest BCUT2D eigenvalue weighted by Gasteiger charge is -2.05. The fourth-order valence-corrected chi connectivity index (χ4v) is 4.32. The van der Waals surface area contributed by atoms with Gasteiger partial charge in [-0.3, -0.25) is 0 Å². The Bertz CT molecular complexity index is 1070. The van der Waals surface area contributed by atoms with E-state index >= 15 is 0 Å². The summed E-state index contributed by atoms with van der Waals surface area (Å²) in [5.41, 5.74) is 3.83. The third-order valence-corrected chi connectivity index (χ3v) is 6.65. The van der Waals surface area contributed by atoms with Gasteiger partial charge in [0.25, 0.3) is 0 Å². The van der Waals surface area contributed by atoms with E-state index in [1.54, 1.807) is 11.8 Å². The molecule has 4 rings (SSSR count). The maximum Gasteiger partial charge on any atom is 0.0835 e. The molecule has 3 N–H and O–H groups in total. The number of hydrogen-bond donors (Lipinski definition) is 2. The molecule has 0 radical (unpaired) electrons. The molecule has 0 aliphatic rings. The Balaban J connectivity index is 0.000000198. The monoisotopic (exact) mass is 467 g/mol.